The van der Waals surface area contributed by atoms with Crippen molar-refractivity contribution in [2.24, 2.45) is 0 Å². The monoisotopic (exact) mass is 427 g/mol. The van der Waals surface area contributed by atoms with Crippen molar-refractivity contribution in [1.29, 1.82) is 0 Å². The fourth-order valence-corrected chi connectivity index (χ4v) is 4.98. The van der Waals surface area contributed by atoms with Crippen molar-refractivity contribution in [2.75, 3.05) is 27.6 Å². The maximum absolute atomic E-state index is 12.7. The Morgan fingerprint density at radius 2 is 1.27 bits per heavy atom. The predicted molar refractivity (Wildman–Crippen MR) is 116 cm³/mol. The molecule has 2 heterocycles. The molecule has 0 bridgehead atoms. The number of sulfonamides is 1. The molecule has 30 heavy (non-hydrogen) atoms. The van der Waals surface area contributed by atoms with Crippen LogP contribution in [0.25, 0.3) is 0 Å². The van der Waals surface area contributed by atoms with Crippen LogP contribution in [-0.4, -0.2) is 33.3 Å². The number of carbonyl (C=O) groups is 2. The lowest BCUT2D eigenvalue weighted by Crippen LogP contribution is -2.40. The Balaban J connectivity index is 1.47. The van der Waals surface area contributed by atoms with Crippen molar-refractivity contribution < 1.29 is 18.0 Å². The Morgan fingerprint density at radius 3 is 1.87 bits per heavy atom. The van der Waals surface area contributed by atoms with Crippen LogP contribution in [-0.2, 0) is 19.6 Å². The lowest BCUT2D eigenvalue weighted by Gasteiger charge is -2.28. The second-order valence-electron chi connectivity index (χ2n) is 7.67. The molecule has 2 aromatic rings. The van der Waals surface area contributed by atoms with Gasteiger partial charge >= 0.3 is 0 Å². The number of nitrogens with one attached hydrogen (secondary N) is 1. The molecular weight excluding hydrogens is 402 g/mol. The summed E-state index contributed by atoms with van der Waals surface area (Å²) in [7, 11) is -3.78. The number of hydrogen-bond acceptors (Lipinski definition) is 5. The number of benzene rings is 2. The summed E-state index contributed by atoms with van der Waals surface area (Å²) >= 11 is 0. The summed E-state index contributed by atoms with van der Waals surface area (Å²) in [6.07, 6.45) is 4.81. The van der Waals surface area contributed by atoms with Crippen LogP contribution in [0.1, 0.15) is 38.5 Å². The highest BCUT2D eigenvalue weighted by atomic mass is 32.2. The van der Waals surface area contributed by atoms with Gasteiger partial charge in [-0.25, -0.2) is 8.42 Å². The van der Waals surface area contributed by atoms with Crippen molar-refractivity contribution in [2.45, 2.75) is 43.4 Å². The number of piperidine rings is 2. The van der Waals surface area contributed by atoms with Crippen LogP contribution in [0.5, 0.6) is 0 Å². The Labute approximate surface area is 176 Å². The van der Waals surface area contributed by atoms with E-state index in [-0.39, 0.29) is 16.7 Å². The highest BCUT2D eigenvalue weighted by molar-refractivity contribution is 7.92. The van der Waals surface area contributed by atoms with Crippen LogP contribution in [0.4, 0.5) is 17.1 Å². The van der Waals surface area contributed by atoms with Crippen molar-refractivity contribution in [3.63, 3.8) is 0 Å². The molecule has 8 heteroatoms. The van der Waals surface area contributed by atoms with Gasteiger partial charge in [-0.3, -0.25) is 19.2 Å². The average Bonchev–Trinajstić information content (AvgIpc) is 2.75. The summed E-state index contributed by atoms with van der Waals surface area (Å²) in [6, 6.07) is 13.2. The first-order valence-corrected chi connectivity index (χ1v) is 11.8. The summed E-state index contributed by atoms with van der Waals surface area (Å²) in [5.41, 5.74) is 1.98. The van der Waals surface area contributed by atoms with E-state index in [2.05, 4.69) is 9.62 Å². The normalized spacial score (nSPS) is 17.9. The van der Waals surface area contributed by atoms with E-state index in [1.54, 1.807) is 12.1 Å². The summed E-state index contributed by atoms with van der Waals surface area (Å²) in [5.74, 6) is -0.512. The maximum atomic E-state index is 12.7. The average molecular weight is 428 g/mol. The van der Waals surface area contributed by atoms with Gasteiger partial charge in [0.05, 0.1) is 10.6 Å². The van der Waals surface area contributed by atoms with Crippen LogP contribution in [0, 0.1) is 0 Å². The third kappa shape index (κ3) is 4.33. The molecule has 2 saturated heterocycles. The van der Waals surface area contributed by atoms with Crippen LogP contribution in [0.3, 0.4) is 0 Å². The van der Waals surface area contributed by atoms with Crippen molar-refractivity contribution >= 4 is 38.9 Å². The Morgan fingerprint density at radius 1 is 0.700 bits per heavy atom. The number of amides is 2. The zero-order valence-corrected chi connectivity index (χ0v) is 17.5. The quantitative estimate of drug-likeness (QED) is 0.738. The van der Waals surface area contributed by atoms with E-state index in [0.29, 0.717) is 30.6 Å². The lowest BCUT2D eigenvalue weighted by atomic mass is 10.1. The van der Waals surface area contributed by atoms with Gasteiger partial charge in [-0.05, 0) is 74.2 Å². The summed E-state index contributed by atoms with van der Waals surface area (Å²) in [5, 5.41) is 0. The topological polar surface area (TPSA) is 86.8 Å². The molecule has 2 aliphatic heterocycles. The molecule has 2 amide bonds. The van der Waals surface area contributed by atoms with Gasteiger partial charge in [0.1, 0.15) is 0 Å². The number of imide groups is 1. The van der Waals surface area contributed by atoms with Gasteiger partial charge in [0.15, 0.2) is 0 Å². The maximum Gasteiger partial charge on any atom is 0.261 e. The molecule has 0 unspecified atom stereocenters. The molecule has 0 saturated carbocycles. The van der Waals surface area contributed by atoms with Crippen molar-refractivity contribution in [1.82, 2.24) is 0 Å². The minimum atomic E-state index is -3.78. The Hall–Kier alpha value is -2.87. The number of rotatable bonds is 5. The highest BCUT2D eigenvalue weighted by Crippen LogP contribution is 2.26. The molecule has 2 aromatic carbocycles. The molecule has 0 spiro atoms. The lowest BCUT2D eigenvalue weighted by molar-refractivity contribution is -0.129. The van der Waals surface area contributed by atoms with Crippen LogP contribution in [0.2, 0.25) is 0 Å². The molecule has 0 atom stereocenters. The first kappa shape index (κ1) is 20.4. The standard InChI is InChI=1S/C22H25N3O4S/c26-21-5-4-6-22(27)25(21)19-11-13-20(14-12-19)30(28,29)23-17-7-9-18(10-8-17)24-15-2-1-3-16-24/h7-14,23H,1-6,15-16H2. The van der Waals surface area contributed by atoms with Crippen molar-refractivity contribution in [3.05, 3.63) is 48.5 Å². The van der Waals surface area contributed by atoms with E-state index in [4.69, 9.17) is 0 Å². The van der Waals surface area contributed by atoms with Gasteiger partial charge in [-0.15, -0.1) is 0 Å². The zero-order chi connectivity index (χ0) is 21.1. The summed E-state index contributed by atoms with van der Waals surface area (Å²) in [4.78, 5) is 27.6. The van der Waals surface area contributed by atoms with E-state index in [1.807, 2.05) is 12.1 Å². The summed E-state index contributed by atoms with van der Waals surface area (Å²) < 4.78 is 28.1. The number of anilines is 3. The zero-order valence-electron chi connectivity index (χ0n) is 16.7. The smallest absolute Gasteiger partial charge is 0.261 e. The van der Waals surface area contributed by atoms with Crippen molar-refractivity contribution in [3.8, 4) is 0 Å². The van der Waals surface area contributed by atoms with Crippen LogP contribution < -0.4 is 14.5 Å². The van der Waals surface area contributed by atoms with Gasteiger partial charge in [0.25, 0.3) is 10.0 Å². The second kappa shape index (κ2) is 8.47. The summed E-state index contributed by atoms with van der Waals surface area (Å²) in [6.45, 7) is 2.05. The highest BCUT2D eigenvalue weighted by Gasteiger charge is 2.27. The largest absolute Gasteiger partial charge is 0.372 e. The fourth-order valence-electron chi connectivity index (χ4n) is 3.92. The van der Waals surface area contributed by atoms with E-state index >= 15 is 0 Å². The minimum absolute atomic E-state index is 0.0725. The molecule has 0 radical (unpaired) electrons. The molecule has 4 rings (SSSR count). The molecule has 7 nitrogen and oxygen atoms in total. The Bertz CT molecular complexity index is 1010. The number of carbonyl (C=O) groups excluding carboxylic acids is 2. The molecule has 1 N–H and O–H groups in total. The van der Waals surface area contributed by atoms with E-state index < -0.39 is 10.0 Å². The van der Waals surface area contributed by atoms with Gasteiger partial charge in [0.2, 0.25) is 11.8 Å². The van der Waals surface area contributed by atoms with Gasteiger partial charge in [-0.1, -0.05) is 0 Å². The molecular formula is C22H25N3O4S. The SMILES string of the molecule is O=C1CCCC(=O)N1c1ccc(S(=O)(=O)Nc2ccc(N3CCCCC3)cc2)cc1. The minimum Gasteiger partial charge on any atom is -0.372 e. The molecule has 2 fully saturated rings. The first-order chi connectivity index (χ1) is 14.4. The fraction of sp³-hybridized carbons (Fsp3) is 0.364. The van der Waals surface area contributed by atoms with Gasteiger partial charge in [-0.2, -0.15) is 0 Å². The van der Waals surface area contributed by atoms with E-state index in [9.17, 15) is 18.0 Å². The third-order valence-electron chi connectivity index (χ3n) is 5.53. The number of nitrogens with zero attached hydrogens (tertiary/aromatic N) is 2. The van der Waals surface area contributed by atoms with Crippen LogP contribution >= 0.6 is 0 Å². The Kier molecular flexibility index (Phi) is 5.76. The molecule has 2 aliphatic rings. The second-order valence-corrected chi connectivity index (χ2v) is 9.35. The molecule has 0 aliphatic carbocycles. The third-order valence-corrected chi connectivity index (χ3v) is 6.92. The molecule has 158 valence electrons. The first-order valence-electron chi connectivity index (χ1n) is 10.3. The van der Waals surface area contributed by atoms with Gasteiger partial charge in [0, 0.05) is 37.3 Å². The number of hydrogen-bond donors (Lipinski definition) is 1. The van der Waals surface area contributed by atoms with E-state index in [1.165, 1.54) is 43.5 Å². The van der Waals surface area contributed by atoms with Gasteiger partial charge < -0.3 is 4.90 Å². The predicted octanol–water partition coefficient (Wildman–Crippen LogP) is 3.52. The van der Waals surface area contributed by atoms with Crippen LogP contribution in [0.15, 0.2) is 53.4 Å². The molecule has 0 aromatic heterocycles. The van der Waals surface area contributed by atoms with E-state index in [0.717, 1.165) is 23.7 Å².